The van der Waals surface area contributed by atoms with Crippen LogP contribution in [0.4, 0.5) is 0 Å². The highest BCUT2D eigenvalue weighted by molar-refractivity contribution is 7.19. The number of primary amides is 1. The van der Waals surface area contributed by atoms with Crippen molar-refractivity contribution in [3.8, 4) is 0 Å². The number of carbonyl (C=O) groups excluding carboxylic acids is 1. The summed E-state index contributed by atoms with van der Waals surface area (Å²) in [6.07, 6.45) is 3.72. The number of benzene rings is 2. The fraction of sp³-hybridized carbons (Fsp3) is 0. The Bertz CT molecular complexity index is 854. The van der Waals surface area contributed by atoms with Gasteiger partial charge in [0.05, 0.1) is 10.2 Å². The number of rotatable bonds is 3. The monoisotopic (exact) mass is 314 g/mol. The van der Waals surface area contributed by atoms with Crippen molar-refractivity contribution in [2.75, 3.05) is 0 Å². The molecular formula is C16H11ClN2OS. The molecule has 0 aliphatic carbocycles. The Morgan fingerprint density at radius 1 is 1.19 bits per heavy atom. The summed E-state index contributed by atoms with van der Waals surface area (Å²) in [6, 6.07) is 12.8. The van der Waals surface area contributed by atoms with Crippen molar-refractivity contribution in [3.63, 3.8) is 0 Å². The molecule has 0 bridgehead atoms. The number of carbonyl (C=O) groups is 1. The number of hydrogen-bond donors (Lipinski definition) is 1. The molecule has 0 radical (unpaired) electrons. The second kappa shape index (κ2) is 5.68. The van der Waals surface area contributed by atoms with Gasteiger partial charge in [-0.15, -0.1) is 11.3 Å². The Kier molecular flexibility index (Phi) is 3.73. The van der Waals surface area contributed by atoms with Crippen LogP contribution in [0.15, 0.2) is 42.5 Å². The lowest BCUT2D eigenvalue weighted by Crippen LogP contribution is -2.12. The van der Waals surface area contributed by atoms with Crippen LogP contribution in [0.3, 0.4) is 0 Å². The molecule has 1 amide bonds. The molecule has 104 valence electrons. The Hall–Kier alpha value is -2.17. The Morgan fingerprint density at radius 3 is 2.81 bits per heavy atom. The highest BCUT2D eigenvalue weighted by Crippen LogP contribution is 2.26. The lowest BCUT2D eigenvalue weighted by atomic mass is 10.1. The minimum absolute atomic E-state index is 0.439. The summed E-state index contributed by atoms with van der Waals surface area (Å²) in [5.41, 5.74) is 7.51. The molecule has 2 N–H and O–H groups in total. The van der Waals surface area contributed by atoms with Crippen molar-refractivity contribution >= 4 is 51.2 Å². The zero-order valence-corrected chi connectivity index (χ0v) is 12.5. The van der Waals surface area contributed by atoms with Gasteiger partial charge in [-0.3, -0.25) is 4.79 Å². The van der Waals surface area contributed by atoms with E-state index in [1.165, 1.54) is 0 Å². The Balaban J connectivity index is 1.96. The summed E-state index contributed by atoms with van der Waals surface area (Å²) in [4.78, 5) is 15.9. The molecule has 1 heterocycles. The van der Waals surface area contributed by atoms with E-state index < -0.39 is 5.91 Å². The number of thiazole rings is 1. The second-order valence-electron chi connectivity index (χ2n) is 4.45. The third-order valence-electron chi connectivity index (χ3n) is 3.00. The third kappa shape index (κ3) is 2.96. The van der Waals surface area contributed by atoms with Crippen LogP contribution in [0, 0.1) is 0 Å². The number of fused-ring (bicyclic) bond motifs is 1. The molecular weight excluding hydrogens is 304 g/mol. The van der Waals surface area contributed by atoms with E-state index in [0.29, 0.717) is 10.6 Å². The maximum absolute atomic E-state index is 11.4. The van der Waals surface area contributed by atoms with Crippen LogP contribution in [0.1, 0.15) is 20.9 Å². The zero-order valence-electron chi connectivity index (χ0n) is 10.9. The molecule has 0 aliphatic rings. The summed E-state index contributed by atoms with van der Waals surface area (Å²) < 4.78 is 1.07. The molecule has 21 heavy (non-hydrogen) atoms. The van der Waals surface area contributed by atoms with Crippen LogP contribution < -0.4 is 5.73 Å². The summed E-state index contributed by atoms with van der Waals surface area (Å²) in [5, 5.41) is 1.52. The van der Waals surface area contributed by atoms with E-state index in [4.69, 9.17) is 17.3 Å². The van der Waals surface area contributed by atoms with Gasteiger partial charge in [0.15, 0.2) is 0 Å². The fourth-order valence-corrected chi connectivity index (χ4v) is 3.03. The Morgan fingerprint density at radius 2 is 2.00 bits per heavy atom. The molecule has 0 saturated heterocycles. The molecule has 3 nitrogen and oxygen atoms in total. The molecule has 0 unspecified atom stereocenters. The molecule has 0 aliphatic heterocycles. The maximum Gasteiger partial charge on any atom is 0.249 e. The predicted octanol–water partition coefficient (Wildman–Crippen LogP) is 4.22. The van der Waals surface area contributed by atoms with Crippen LogP contribution in [0.25, 0.3) is 22.4 Å². The van der Waals surface area contributed by atoms with Crippen molar-refractivity contribution in [3.05, 3.63) is 63.6 Å². The van der Waals surface area contributed by atoms with Crippen molar-refractivity contribution in [2.24, 2.45) is 5.73 Å². The molecule has 0 saturated carbocycles. The average molecular weight is 315 g/mol. The number of aromatic nitrogens is 1. The summed E-state index contributed by atoms with van der Waals surface area (Å²) in [7, 11) is 0. The summed E-state index contributed by atoms with van der Waals surface area (Å²) in [6.45, 7) is 0. The lowest BCUT2D eigenvalue weighted by molar-refractivity contribution is 0.1000. The van der Waals surface area contributed by atoms with Gasteiger partial charge in [-0.2, -0.15) is 0 Å². The Labute approximate surface area is 130 Å². The van der Waals surface area contributed by atoms with E-state index in [1.54, 1.807) is 23.5 Å². The largest absolute Gasteiger partial charge is 0.366 e. The molecule has 0 fully saturated rings. The van der Waals surface area contributed by atoms with Crippen LogP contribution in [-0.2, 0) is 0 Å². The quantitative estimate of drug-likeness (QED) is 0.787. The van der Waals surface area contributed by atoms with Crippen LogP contribution in [0.2, 0.25) is 5.02 Å². The van der Waals surface area contributed by atoms with Gasteiger partial charge in [-0.1, -0.05) is 35.9 Å². The van der Waals surface area contributed by atoms with E-state index >= 15 is 0 Å². The van der Waals surface area contributed by atoms with E-state index in [0.717, 1.165) is 20.8 Å². The third-order valence-corrected chi connectivity index (χ3v) is 4.23. The van der Waals surface area contributed by atoms with E-state index in [9.17, 15) is 4.79 Å². The first-order valence-electron chi connectivity index (χ1n) is 6.26. The highest BCUT2D eigenvalue weighted by Gasteiger charge is 2.05. The molecule has 3 rings (SSSR count). The van der Waals surface area contributed by atoms with Crippen LogP contribution in [-0.4, -0.2) is 10.9 Å². The molecule has 1 aromatic heterocycles. The van der Waals surface area contributed by atoms with Crippen LogP contribution in [0.5, 0.6) is 0 Å². The summed E-state index contributed by atoms with van der Waals surface area (Å²) in [5.74, 6) is -0.439. The van der Waals surface area contributed by atoms with E-state index in [2.05, 4.69) is 4.98 Å². The van der Waals surface area contributed by atoms with Gasteiger partial charge in [0.25, 0.3) is 0 Å². The van der Waals surface area contributed by atoms with E-state index in [1.807, 2.05) is 42.5 Å². The van der Waals surface area contributed by atoms with Crippen molar-refractivity contribution in [2.45, 2.75) is 0 Å². The first-order valence-corrected chi connectivity index (χ1v) is 7.46. The van der Waals surface area contributed by atoms with Crippen LogP contribution >= 0.6 is 22.9 Å². The minimum Gasteiger partial charge on any atom is -0.366 e. The second-order valence-corrected chi connectivity index (χ2v) is 5.95. The van der Waals surface area contributed by atoms with Gasteiger partial charge in [0.1, 0.15) is 5.01 Å². The van der Waals surface area contributed by atoms with Crippen molar-refractivity contribution < 1.29 is 4.79 Å². The number of hydrogen-bond acceptors (Lipinski definition) is 3. The molecule has 2 aromatic carbocycles. The summed E-state index contributed by atoms with van der Waals surface area (Å²) >= 11 is 7.52. The number of nitrogens with two attached hydrogens (primary N) is 1. The molecule has 3 aromatic rings. The van der Waals surface area contributed by atoms with Gasteiger partial charge in [-0.25, -0.2) is 4.98 Å². The fourth-order valence-electron chi connectivity index (χ4n) is 2.02. The van der Waals surface area contributed by atoms with Crippen molar-refractivity contribution in [1.29, 1.82) is 0 Å². The number of amides is 1. The normalized spacial score (nSPS) is 11.3. The van der Waals surface area contributed by atoms with Gasteiger partial charge in [0, 0.05) is 10.6 Å². The first kappa shape index (κ1) is 13.8. The SMILES string of the molecule is NC(=O)c1ccccc1C=Cc1nc2cc(Cl)ccc2s1. The van der Waals surface area contributed by atoms with E-state index in [-0.39, 0.29) is 0 Å². The topological polar surface area (TPSA) is 56.0 Å². The maximum atomic E-state index is 11.4. The number of nitrogens with zero attached hydrogens (tertiary/aromatic N) is 1. The van der Waals surface area contributed by atoms with Gasteiger partial charge in [-0.05, 0) is 35.9 Å². The number of halogens is 1. The standard InChI is InChI=1S/C16H11ClN2OS/c17-11-6-7-14-13(9-11)19-15(21-14)8-5-10-3-1-2-4-12(10)16(18)20/h1-9H,(H2,18,20). The van der Waals surface area contributed by atoms with Crippen molar-refractivity contribution in [1.82, 2.24) is 4.98 Å². The predicted molar refractivity (Wildman–Crippen MR) is 88.5 cm³/mol. The minimum atomic E-state index is -0.439. The molecule has 5 heteroatoms. The van der Waals surface area contributed by atoms with Gasteiger partial charge in [0.2, 0.25) is 5.91 Å². The smallest absolute Gasteiger partial charge is 0.249 e. The van der Waals surface area contributed by atoms with Gasteiger partial charge < -0.3 is 5.73 Å². The molecule has 0 spiro atoms. The highest BCUT2D eigenvalue weighted by atomic mass is 35.5. The van der Waals surface area contributed by atoms with Gasteiger partial charge >= 0.3 is 0 Å². The molecule has 0 atom stereocenters. The average Bonchev–Trinajstić information content (AvgIpc) is 2.87. The first-order chi connectivity index (χ1) is 10.1. The lowest BCUT2D eigenvalue weighted by Gasteiger charge is -1.99. The zero-order chi connectivity index (χ0) is 14.8.